The van der Waals surface area contributed by atoms with Gasteiger partial charge in [-0.3, -0.25) is 9.59 Å². The van der Waals surface area contributed by atoms with E-state index in [0.29, 0.717) is 6.42 Å². The number of allylic oxidation sites excluding steroid dienone is 2. The van der Waals surface area contributed by atoms with Crippen LogP contribution in [0.5, 0.6) is 0 Å². The molecule has 0 aromatic heterocycles. The number of ketones is 1. The van der Waals surface area contributed by atoms with Crippen molar-refractivity contribution in [1.29, 1.82) is 0 Å². The van der Waals surface area contributed by atoms with E-state index < -0.39 is 0 Å². The maximum absolute atomic E-state index is 12.1. The van der Waals surface area contributed by atoms with E-state index >= 15 is 0 Å². The van der Waals surface area contributed by atoms with Gasteiger partial charge in [0.25, 0.3) is 0 Å². The second kappa shape index (κ2) is 4.28. The first kappa shape index (κ1) is 12.3. The average molecular weight is 236 g/mol. The molecule has 3 unspecified atom stereocenters. The summed E-state index contributed by atoms with van der Waals surface area (Å²) >= 11 is 0. The first-order valence-electron chi connectivity index (χ1n) is 6.45. The molecule has 2 aliphatic rings. The van der Waals surface area contributed by atoms with Crippen molar-refractivity contribution in [2.24, 2.45) is 17.8 Å². The molecule has 0 aromatic rings. The minimum atomic E-state index is -0.383. The minimum Gasteiger partial charge on any atom is -0.459 e. The second-order valence-corrected chi connectivity index (χ2v) is 5.34. The summed E-state index contributed by atoms with van der Waals surface area (Å²) in [5.74, 6) is -0.490. The molecule has 0 spiro atoms. The lowest BCUT2D eigenvalue weighted by Gasteiger charge is -2.29. The normalized spacial score (nSPS) is 31.0. The number of Topliss-reactive ketones (excluding diaryl/α,β-unsaturated/α-hetero) is 1. The molecular weight excluding hydrogens is 216 g/mol. The standard InChI is InChI=1S/C14H20O3/c1-4-14(3,5-2)17-13(16)11-8-9-6-7-10(11)12(9)15/h6-7,9-11H,4-5,8H2,1-3H3. The van der Waals surface area contributed by atoms with Crippen LogP contribution in [-0.4, -0.2) is 17.4 Å². The van der Waals surface area contributed by atoms with Gasteiger partial charge in [-0.25, -0.2) is 0 Å². The highest BCUT2D eigenvalue weighted by atomic mass is 16.6. The van der Waals surface area contributed by atoms with Crippen LogP contribution in [0.3, 0.4) is 0 Å². The molecule has 0 radical (unpaired) electrons. The topological polar surface area (TPSA) is 43.4 Å². The van der Waals surface area contributed by atoms with Gasteiger partial charge < -0.3 is 4.74 Å². The van der Waals surface area contributed by atoms with Gasteiger partial charge in [0, 0.05) is 11.8 Å². The van der Waals surface area contributed by atoms with E-state index in [1.165, 1.54) is 0 Å². The molecule has 17 heavy (non-hydrogen) atoms. The number of hydrogen-bond donors (Lipinski definition) is 0. The molecule has 3 heteroatoms. The number of carbonyl (C=O) groups is 2. The summed E-state index contributed by atoms with van der Waals surface area (Å²) < 4.78 is 5.60. The fraction of sp³-hybridized carbons (Fsp3) is 0.714. The summed E-state index contributed by atoms with van der Waals surface area (Å²) in [6.07, 6.45) is 6.05. The molecule has 0 amide bonds. The smallest absolute Gasteiger partial charge is 0.310 e. The van der Waals surface area contributed by atoms with Crippen LogP contribution in [0.25, 0.3) is 0 Å². The summed E-state index contributed by atoms with van der Waals surface area (Å²) in [4.78, 5) is 23.8. The van der Waals surface area contributed by atoms with Gasteiger partial charge in [-0.2, -0.15) is 0 Å². The lowest BCUT2D eigenvalue weighted by molar-refractivity contribution is -0.165. The third-order valence-electron chi connectivity index (χ3n) is 4.33. The van der Waals surface area contributed by atoms with Crippen molar-refractivity contribution in [2.75, 3.05) is 0 Å². The van der Waals surface area contributed by atoms with E-state index in [0.717, 1.165) is 12.8 Å². The quantitative estimate of drug-likeness (QED) is 0.556. The molecule has 0 aromatic carbocycles. The lowest BCUT2D eigenvalue weighted by atomic mass is 9.92. The molecule has 94 valence electrons. The Labute approximate surface area is 102 Å². The number of esters is 1. The molecule has 3 nitrogen and oxygen atoms in total. The van der Waals surface area contributed by atoms with Gasteiger partial charge in [0.1, 0.15) is 11.4 Å². The third-order valence-corrected chi connectivity index (χ3v) is 4.33. The fourth-order valence-corrected chi connectivity index (χ4v) is 2.59. The van der Waals surface area contributed by atoms with Crippen molar-refractivity contribution in [3.63, 3.8) is 0 Å². The molecular formula is C14H20O3. The molecule has 0 heterocycles. The van der Waals surface area contributed by atoms with Crippen LogP contribution in [0.4, 0.5) is 0 Å². The predicted octanol–water partition coefficient (Wildman–Crippen LogP) is 2.50. The highest BCUT2D eigenvalue weighted by molar-refractivity contribution is 5.96. The molecule has 3 atom stereocenters. The van der Waals surface area contributed by atoms with Crippen LogP contribution in [0.1, 0.15) is 40.0 Å². The third kappa shape index (κ3) is 2.03. The lowest BCUT2D eigenvalue weighted by Crippen LogP contribution is -2.34. The van der Waals surface area contributed by atoms with Crippen molar-refractivity contribution in [3.8, 4) is 0 Å². The van der Waals surface area contributed by atoms with Crippen LogP contribution in [0.15, 0.2) is 12.2 Å². The predicted molar refractivity (Wildman–Crippen MR) is 64.3 cm³/mol. The Morgan fingerprint density at radius 3 is 2.47 bits per heavy atom. The Bertz CT molecular complexity index is 366. The molecule has 2 rings (SSSR count). The van der Waals surface area contributed by atoms with Gasteiger partial charge in [0.05, 0.1) is 5.92 Å². The zero-order valence-corrected chi connectivity index (χ0v) is 10.7. The van der Waals surface area contributed by atoms with E-state index in [1.54, 1.807) is 0 Å². The van der Waals surface area contributed by atoms with Crippen molar-refractivity contribution < 1.29 is 14.3 Å². The van der Waals surface area contributed by atoms with Crippen LogP contribution < -0.4 is 0 Å². The SMILES string of the molecule is CCC(C)(CC)OC(=O)C1CC2C=CC1C2=O. The molecule has 1 saturated carbocycles. The number of carbonyl (C=O) groups excluding carboxylic acids is 2. The number of ether oxygens (including phenoxy) is 1. The first-order valence-corrected chi connectivity index (χ1v) is 6.45. The van der Waals surface area contributed by atoms with Crippen molar-refractivity contribution >= 4 is 11.8 Å². The minimum absolute atomic E-state index is 0.0351. The molecule has 2 bridgehead atoms. The molecule has 0 saturated heterocycles. The second-order valence-electron chi connectivity index (χ2n) is 5.34. The van der Waals surface area contributed by atoms with Gasteiger partial charge in [-0.15, -0.1) is 0 Å². The van der Waals surface area contributed by atoms with Gasteiger partial charge in [-0.05, 0) is 26.2 Å². The van der Waals surface area contributed by atoms with Crippen molar-refractivity contribution in [3.05, 3.63) is 12.2 Å². The molecule has 2 aliphatic carbocycles. The maximum Gasteiger partial charge on any atom is 0.310 e. The zero-order chi connectivity index (χ0) is 12.6. The van der Waals surface area contributed by atoms with E-state index in [9.17, 15) is 9.59 Å². The largest absolute Gasteiger partial charge is 0.459 e. The monoisotopic (exact) mass is 236 g/mol. The summed E-state index contributed by atoms with van der Waals surface area (Å²) in [5.41, 5.74) is -0.383. The molecule has 0 aliphatic heterocycles. The fourth-order valence-electron chi connectivity index (χ4n) is 2.59. The van der Waals surface area contributed by atoms with Crippen molar-refractivity contribution in [2.45, 2.75) is 45.6 Å². The van der Waals surface area contributed by atoms with Crippen LogP contribution >= 0.6 is 0 Å². The van der Waals surface area contributed by atoms with Crippen LogP contribution in [0, 0.1) is 17.8 Å². The Hall–Kier alpha value is -1.12. The zero-order valence-electron chi connectivity index (χ0n) is 10.7. The maximum atomic E-state index is 12.1. The summed E-state index contributed by atoms with van der Waals surface area (Å²) in [6.45, 7) is 5.99. The Kier molecular flexibility index (Phi) is 3.11. The van der Waals surface area contributed by atoms with Crippen LogP contribution in [-0.2, 0) is 14.3 Å². The summed E-state index contributed by atoms with van der Waals surface area (Å²) in [5, 5.41) is 0. The van der Waals surface area contributed by atoms with Gasteiger partial charge in [-0.1, -0.05) is 26.0 Å². The average Bonchev–Trinajstić information content (AvgIpc) is 2.85. The number of rotatable bonds is 4. The Balaban J connectivity index is 2.03. The van der Waals surface area contributed by atoms with Crippen LogP contribution in [0.2, 0.25) is 0 Å². The van der Waals surface area contributed by atoms with Crippen molar-refractivity contribution in [1.82, 2.24) is 0 Å². The first-order chi connectivity index (χ1) is 8.00. The highest BCUT2D eigenvalue weighted by Crippen LogP contribution is 2.41. The van der Waals surface area contributed by atoms with E-state index in [2.05, 4.69) is 0 Å². The molecule has 0 N–H and O–H groups in total. The van der Waals surface area contributed by atoms with E-state index in [-0.39, 0.29) is 35.1 Å². The highest BCUT2D eigenvalue weighted by Gasteiger charge is 2.48. The van der Waals surface area contributed by atoms with E-state index in [1.807, 2.05) is 32.9 Å². The summed E-state index contributed by atoms with van der Waals surface area (Å²) in [7, 11) is 0. The van der Waals surface area contributed by atoms with Gasteiger partial charge >= 0.3 is 5.97 Å². The summed E-state index contributed by atoms with van der Waals surface area (Å²) in [6, 6.07) is 0. The Morgan fingerprint density at radius 2 is 2.06 bits per heavy atom. The number of fused-ring (bicyclic) bond motifs is 2. The van der Waals surface area contributed by atoms with Gasteiger partial charge in [0.2, 0.25) is 0 Å². The van der Waals surface area contributed by atoms with Gasteiger partial charge in [0.15, 0.2) is 0 Å². The van der Waals surface area contributed by atoms with E-state index in [4.69, 9.17) is 4.74 Å². The molecule has 1 fully saturated rings. The number of hydrogen-bond acceptors (Lipinski definition) is 3. The Morgan fingerprint density at radius 1 is 1.41 bits per heavy atom.